The number of quaternary nitrogens is 1. The van der Waals surface area contributed by atoms with Crippen molar-refractivity contribution in [1.82, 2.24) is 0 Å². The Morgan fingerprint density at radius 2 is 1.39 bits per heavy atom. The molecule has 2 unspecified atom stereocenters. The predicted octanol–water partition coefficient (Wildman–Crippen LogP) is 7.04. The lowest BCUT2D eigenvalue weighted by Gasteiger charge is -2.32. The fraction of sp³-hybridized carbons (Fsp3) is 0.650. The summed E-state index contributed by atoms with van der Waals surface area (Å²) in [7, 11) is 4.72. The number of Topliss-reactive ketones (excluding diaryl/α,β-unsaturated/α-hetero) is 1. The minimum Gasteiger partial charge on any atom is -1.00 e. The second-order valence-corrected chi connectivity index (χ2v) is 14.7. The Kier molecular flexibility index (Phi) is 18.8. The number of halogens is 1. The van der Waals surface area contributed by atoms with E-state index in [9.17, 15) is 9.59 Å². The van der Waals surface area contributed by atoms with E-state index in [0.29, 0.717) is 29.6 Å². The first-order chi connectivity index (χ1) is 21.4. The molecule has 2 aliphatic rings. The molecule has 2 aromatic carbocycles. The zero-order valence-corrected chi connectivity index (χ0v) is 31.0. The third kappa shape index (κ3) is 13.4. The number of hydrogen-bond acceptors (Lipinski definition) is 4. The van der Waals surface area contributed by atoms with Crippen molar-refractivity contribution in [2.45, 2.75) is 125 Å². The van der Waals surface area contributed by atoms with Crippen LogP contribution in [0.15, 0.2) is 54.6 Å². The van der Waals surface area contributed by atoms with E-state index in [1.54, 1.807) is 31.2 Å². The lowest BCUT2D eigenvalue weighted by Crippen LogP contribution is -3.00. The molecule has 2 fully saturated rings. The molecule has 2 atom stereocenters. The number of carbonyl (C=O) groups is 2. The number of anilines is 1. The number of benzene rings is 2. The van der Waals surface area contributed by atoms with Crippen LogP contribution in [0, 0.1) is 16.7 Å². The summed E-state index contributed by atoms with van der Waals surface area (Å²) in [5, 5.41) is 0. The van der Waals surface area contributed by atoms with Gasteiger partial charge in [0, 0.05) is 23.1 Å². The van der Waals surface area contributed by atoms with Gasteiger partial charge in [0.15, 0.2) is 0 Å². The number of ether oxygens (including phenoxy) is 1. The molecule has 0 saturated heterocycles. The van der Waals surface area contributed by atoms with Gasteiger partial charge in [0.2, 0.25) is 0 Å². The molecule has 0 heterocycles. The van der Waals surface area contributed by atoms with E-state index in [0.717, 1.165) is 23.9 Å². The van der Waals surface area contributed by atoms with Crippen molar-refractivity contribution in [2.24, 2.45) is 16.7 Å². The quantitative estimate of drug-likeness (QED) is 0.0967. The maximum atomic E-state index is 11.6. The summed E-state index contributed by atoms with van der Waals surface area (Å²) in [5.74, 6) is 0.885. The minimum atomic E-state index is -0.308. The van der Waals surface area contributed by atoms with Crippen LogP contribution in [0.4, 0.5) is 5.69 Å². The third-order valence-corrected chi connectivity index (χ3v) is 10.5. The van der Waals surface area contributed by atoms with Gasteiger partial charge in [-0.2, -0.15) is 0 Å². The van der Waals surface area contributed by atoms with Gasteiger partial charge >= 0.3 is 5.97 Å². The number of unbranched alkanes of at least 4 members (excludes halogenated alkanes) is 9. The Balaban J connectivity index is 0.000000371. The van der Waals surface area contributed by atoms with Crippen LogP contribution < -0.4 is 18.1 Å². The number of esters is 1. The number of rotatable bonds is 15. The number of nitrogen functional groups attached to an aromatic ring is 1. The van der Waals surface area contributed by atoms with Crippen molar-refractivity contribution < 1.29 is 31.2 Å². The van der Waals surface area contributed by atoms with Crippen LogP contribution in [0.1, 0.15) is 134 Å². The van der Waals surface area contributed by atoms with Gasteiger partial charge < -0.3 is 27.4 Å². The summed E-state index contributed by atoms with van der Waals surface area (Å²) in [6.45, 7) is 13.6. The summed E-state index contributed by atoms with van der Waals surface area (Å²) in [6.07, 6.45) is 17.5. The maximum absolute atomic E-state index is 11.6. The predicted molar refractivity (Wildman–Crippen MR) is 190 cm³/mol. The largest absolute Gasteiger partial charge is 1.00 e. The fourth-order valence-corrected chi connectivity index (χ4v) is 6.92. The van der Waals surface area contributed by atoms with Gasteiger partial charge in [-0.3, -0.25) is 4.79 Å². The van der Waals surface area contributed by atoms with Gasteiger partial charge in [-0.15, -0.1) is 0 Å². The van der Waals surface area contributed by atoms with E-state index in [-0.39, 0.29) is 29.2 Å². The van der Waals surface area contributed by atoms with E-state index in [1.807, 2.05) is 0 Å². The fourth-order valence-electron chi connectivity index (χ4n) is 6.92. The van der Waals surface area contributed by atoms with Crippen molar-refractivity contribution >= 4 is 17.4 Å². The number of ketones is 1. The summed E-state index contributed by atoms with van der Waals surface area (Å²) in [6, 6.07) is 17.5. The molecule has 0 radical (unpaired) electrons. The van der Waals surface area contributed by atoms with Gasteiger partial charge in [0.1, 0.15) is 12.3 Å². The van der Waals surface area contributed by atoms with E-state index in [4.69, 9.17) is 10.5 Å². The highest BCUT2D eigenvalue weighted by Gasteiger charge is 2.61. The molecule has 2 bridgehead atoms. The molecular weight excluding hydrogens is 592 g/mol. The molecular formula is C40H65ClN2O3. The first-order valence-corrected chi connectivity index (χ1v) is 17.8. The van der Waals surface area contributed by atoms with Crippen LogP contribution in [0.25, 0.3) is 0 Å². The zero-order chi connectivity index (χ0) is 33.3. The number of nitrogens with zero attached hydrogens (tertiary/aromatic N) is 1. The van der Waals surface area contributed by atoms with Gasteiger partial charge in [0.25, 0.3) is 0 Å². The highest BCUT2D eigenvalue weighted by atomic mass is 35.5. The van der Waals surface area contributed by atoms with E-state index in [1.165, 1.54) is 82.7 Å². The molecule has 2 saturated carbocycles. The van der Waals surface area contributed by atoms with Crippen LogP contribution in [0.5, 0.6) is 0 Å². The van der Waals surface area contributed by atoms with E-state index >= 15 is 0 Å². The number of hydrogen-bond donors (Lipinski definition) is 1. The lowest BCUT2D eigenvalue weighted by atomic mass is 9.70. The molecule has 2 N–H and O–H groups in total. The van der Waals surface area contributed by atoms with Crippen LogP contribution in [-0.4, -0.2) is 43.5 Å². The molecule has 2 aromatic rings. The molecule has 260 valence electrons. The number of fused-ring (bicyclic) bond motifs is 2. The Morgan fingerprint density at radius 1 is 0.848 bits per heavy atom. The standard InChI is InChI=1S/C21H38N.C10H16O.C9H11NO2.ClH/c1-4-5-6-7-8-9-10-11-12-16-19-22(2,3)20-21-17-14-13-15-18-21;1-9(2)7-4-5-10(9,3)8(11)6-7;1-2-12-9(11)7-3-5-8(10)6-4-7;/h13-15,17-18H,4-12,16,19-20H2,1-3H3;7H,4-6H2,1-3H3;3-6H,2,10H2,1H3;1H/q+1;;;/p-1. The number of carbonyl (C=O) groups excluding carboxylic acids is 2. The van der Waals surface area contributed by atoms with Crippen molar-refractivity contribution in [3.05, 3.63) is 65.7 Å². The Bertz CT molecular complexity index is 1130. The van der Waals surface area contributed by atoms with Crippen LogP contribution in [0.2, 0.25) is 0 Å². The summed E-state index contributed by atoms with van der Waals surface area (Å²) in [5.41, 5.74) is 8.39. The highest BCUT2D eigenvalue weighted by Crippen LogP contribution is 2.63. The molecule has 2 aliphatic carbocycles. The molecule has 46 heavy (non-hydrogen) atoms. The highest BCUT2D eigenvalue weighted by molar-refractivity contribution is 5.90. The average molecular weight is 657 g/mol. The molecule has 0 amide bonds. The topological polar surface area (TPSA) is 69.4 Å². The first-order valence-electron chi connectivity index (χ1n) is 17.8. The van der Waals surface area contributed by atoms with Crippen LogP contribution >= 0.6 is 0 Å². The normalized spacial score (nSPS) is 19.3. The second-order valence-electron chi connectivity index (χ2n) is 14.7. The second kappa shape index (κ2) is 20.8. The monoisotopic (exact) mass is 656 g/mol. The maximum Gasteiger partial charge on any atom is 0.338 e. The van der Waals surface area contributed by atoms with Gasteiger partial charge in [-0.25, -0.2) is 4.79 Å². The van der Waals surface area contributed by atoms with E-state index < -0.39 is 0 Å². The summed E-state index contributed by atoms with van der Waals surface area (Å²) < 4.78 is 5.90. The summed E-state index contributed by atoms with van der Waals surface area (Å²) >= 11 is 0. The number of nitrogens with two attached hydrogens (primary N) is 1. The van der Waals surface area contributed by atoms with Gasteiger partial charge in [-0.05, 0) is 68.2 Å². The molecule has 4 rings (SSSR count). The average Bonchev–Trinajstić information content (AvgIpc) is 3.33. The smallest absolute Gasteiger partial charge is 0.338 e. The van der Waals surface area contributed by atoms with Crippen molar-refractivity contribution in [1.29, 1.82) is 0 Å². The Labute approximate surface area is 288 Å². The Hall–Kier alpha value is -2.37. The van der Waals surface area contributed by atoms with E-state index in [2.05, 4.69) is 72.1 Å². The van der Waals surface area contributed by atoms with Crippen LogP contribution in [0.3, 0.4) is 0 Å². The molecule has 0 aliphatic heterocycles. The van der Waals surface area contributed by atoms with Crippen LogP contribution in [-0.2, 0) is 16.1 Å². The van der Waals surface area contributed by atoms with Gasteiger partial charge in [0.05, 0.1) is 32.8 Å². The SMILES string of the molecule is CC12CCC(CC1=O)C2(C)C.CCCCCCCCCCCC[N+](C)(C)Cc1ccccc1.CCOC(=O)c1ccc(N)cc1.[Cl-]. The molecule has 0 aromatic heterocycles. The molecule has 6 heteroatoms. The third-order valence-electron chi connectivity index (χ3n) is 10.5. The van der Waals surface area contributed by atoms with Crippen molar-refractivity contribution in [3.8, 4) is 0 Å². The van der Waals surface area contributed by atoms with Gasteiger partial charge in [-0.1, -0.05) is 109 Å². The van der Waals surface area contributed by atoms with Crippen molar-refractivity contribution in [3.63, 3.8) is 0 Å². The summed E-state index contributed by atoms with van der Waals surface area (Å²) in [4.78, 5) is 22.7. The molecule has 5 nitrogen and oxygen atoms in total. The van der Waals surface area contributed by atoms with Crippen molar-refractivity contribution in [2.75, 3.05) is 33.0 Å². The lowest BCUT2D eigenvalue weighted by molar-refractivity contribution is -0.903. The minimum absolute atomic E-state index is 0. The first kappa shape index (κ1) is 41.7. The zero-order valence-electron chi connectivity index (χ0n) is 30.2. The molecule has 0 spiro atoms. The Morgan fingerprint density at radius 3 is 1.83 bits per heavy atom.